The van der Waals surface area contributed by atoms with Gasteiger partial charge in [0, 0.05) is 11.6 Å². The highest BCUT2D eigenvalue weighted by Crippen LogP contribution is 2.27. The lowest BCUT2D eigenvalue weighted by Crippen LogP contribution is -2.01. The first kappa shape index (κ1) is 11.0. The van der Waals surface area contributed by atoms with Crippen molar-refractivity contribution in [2.45, 2.75) is 0 Å². The number of hydrogen-bond acceptors (Lipinski definition) is 4. The van der Waals surface area contributed by atoms with Gasteiger partial charge in [0.15, 0.2) is 5.17 Å². The summed E-state index contributed by atoms with van der Waals surface area (Å²) in [6, 6.07) is 9.70. The smallest absolute Gasteiger partial charge is 0.286 e. The molecular formula is C13H9N3OS. The van der Waals surface area contributed by atoms with Crippen LogP contribution in [0, 0.1) is 0 Å². The van der Waals surface area contributed by atoms with E-state index in [9.17, 15) is 4.79 Å². The van der Waals surface area contributed by atoms with Crippen LogP contribution in [0.15, 0.2) is 46.4 Å². The third-order valence-corrected chi connectivity index (χ3v) is 3.37. The number of rotatable bonds is 1. The number of hydrogen-bond donors (Lipinski definition) is 1. The number of thioether (sulfide) groups is 1. The molecule has 0 radical (unpaired) electrons. The summed E-state index contributed by atoms with van der Waals surface area (Å²) in [4.78, 5) is 19.9. The van der Waals surface area contributed by atoms with Gasteiger partial charge in [0.25, 0.3) is 5.91 Å². The van der Waals surface area contributed by atoms with Crippen LogP contribution in [0.2, 0.25) is 0 Å². The summed E-state index contributed by atoms with van der Waals surface area (Å²) in [6.45, 7) is 0. The molecule has 2 heterocycles. The topological polar surface area (TPSA) is 68.3 Å². The minimum atomic E-state index is -0.274. The van der Waals surface area contributed by atoms with Crippen molar-refractivity contribution >= 4 is 39.8 Å². The van der Waals surface area contributed by atoms with Gasteiger partial charge >= 0.3 is 0 Å². The van der Waals surface area contributed by atoms with Crippen molar-refractivity contribution < 1.29 is 4.79 Å². The average molecular weight is 255 g/mol. The normalized spacial score (nSPS) is 17.4. The number of fused-ring (bicyclic) bond motifs is 1. The Kier molecular flexibility index (Phi) is 2.60. The molecule has 0 fully saturated rings. The lowest BCUT2D eigenvalue weighted by molar-refractivity contribution is -0.113. The Balaban J connectivity index is 2.01. The lowest BCUT2D eigenvalue weighted by atomic mass is 10.1. The van der Waals surface area contributed by atoms with Gasteiger partial charge in [0.2, 0.25) is 0 Å². The monoisotopic (exact) mass is 255 g/mol. The molecule has 1 aromatic heterocycles. The number of amidine groups is 1. The molecule has 5 heteroatoms. The first-order valence-corrected chi connectivity index (χ1v) is 6.17. The Morgan fingerprint density at radius 3 is 2.94 bits per heavy atom. The summed E-state index contributed by atoms with van der Waals surface area (Å²) >= 11 is 1.20. The van der Waals surface area contributed by atoms with Gasteiger partial charge in [-0.2, -0.15) is 4.99 Å². The van der Waals surface area contributed by atoms with Crippen LogP contribution in [0.25, 0.3) is 17.0 Å². The van der Waals surface area contributed by atoms with Gasteiger partial charge in [0.05, 0.1) is 10.4 Å². The highest BCUT2D eigenvalue weighted by atomic mass is 32.2. The van der Waals surface area contributed by atoms with E-state index < -0.39 is 0 Å². The molecule has 0 saturated carbocycles. The minimum absolute atomic E-state index is 0.274. The molecule has 2 aromatic rings. The maximum Gasteiger partial charge on any atom is 0.286 e. The van der Waals surface area contributed by atoms with E-state index in [1.54, 1.807) is 12.3 Å². The molecule has 2 N–H and O–H groups in total. The van der Waals surface area contributed by atoms with E-state index >= 15 is 0 Å². The standard InChI is InChI=1S/C13H9N3OS/c14-13-16-12(17)11(18-13)7-8-3-4-10-9(6-8)2-1-5-15-10/h1-7H,(H2,14,16,17)/b11-7-. The van der Waals surface area contributed by atoms with Crippen LogP contribution in [-0.4, -0.2) is 16.1 Å². The van der Waals surface area contributed by atoms with Crippen LogP contribution in [0.3, 0.4) is 0 Å². The van der Waals surface area contributed by atoms with Gasteiger partial charge in [-0.15, -0.1) is 0 Å². The molecule has 1 aliphatic heterocycles. The van der Waals surface area contributed by atoms with Crippen molar-refractivity contribution in [1.82, 2.24) is 4.98 Å². The predicted octanol–water partition coefficient (Wildman–Crippen LogP) is 2.16. The van der Waals surface area contributed by atoms with Gasteiger partial charge in [-0.1, -0.05) is 12.1 Å². The Bertz CT molecular complexity index is 706. The maximum absolute atomic E-state index is 11.5. The zero-order valence-corrected chi connectivity index (χ0v) is 10.1. The maximum atomic E-state index is 11.5. The molecule has 4 nitrogen and oxygen atoms in total. The molecule has 0 spiro atoms. The number of benzene rings is 1. The summed E-state index contributed by atoms with van der Waals surface area (Å²) in [6.07, 6.45) is 3.55. The van der Waals surface area contributed by atoms with E-state index in [-0.39, 0.29) is 5.91 Å². The third kappa shape index (κ3) is 2.00. The van der Waals surface area contributed by atoms with Crippen LogP contribution >= 0.6 is 11.8 Å². The Labute approximate surface area is 108 Å². The second-order valence-corrected chi connectivity index (χ2v) is 4.88. The summed E-state index contributed by atoms with van der Waals surface area (Å²) in [7, 11) is 0. The van der Waals surface area contributed by atoms with Crippen LogP contribution < -0.4 is 5.73 Å². The molecule has 3 rings (SSSR count). The molecule has 18 heavy (non-hydrogen) atoms. The van der Waals surface area contributed by atoms with E-state index in [2.05, 4.69) is 9.98 Å². The van der Waals surface area contributed by atoms with E-state index in [1.807, 2.05) is 30.3 Å². The zero-order chi connectivity index (χ0) is 12.5. The zero-order valence-electron chi connectivity index (χ0n) is 9.33. The Morgan fingerprint density at radius 2 is 2.17 bits per heavy atom. The first-order valence-electron chi connectivity index (χ1n) is 5.35. The van der Waals surface area contributed by atoms with E-state index in [0.717, 1.165) is 16.5 Å². The number of amides is 1. The number of pyridine rings is 1. The van der Waals surface area contributed by atoms with Crippen LogP contribution in [-0.2, 0) is 4.79 Å². The quantitative estimate of drug-likeness (QED) is 0.793. The van der Waals surface area contributed by atoms with Crippen LogP contribution in [0.5, 0.6) is 0 Å². The third-order valence-electron chi connectivity index (χ3n) is 2.56. The van der Waals surface area contributed by atoms with Crippen molar-refractivity contribution in [1.29, 1.82) is 0 Å². The van der Waals surface area contributed by atoms with Gasteiger partial charge in [-0.25, -0.2) is 0 Å². The molecular weight excluding hydrogens is 246 g/mol. The molecule has 88 valence electrons. The number of nitrogens with two attached hydrogens (primary N) is 1. The van der Waals surface area contributed by atoms with Crippen molar-refractivity contribution in [2.75, 3.05) is 0 Å². The van der Waals surface area contributed by atoms with Crippen LogP contribution in [0.1, 0.15) is 5.56 Å². The number of aliphatic imine (C=N–C) groups is 1. The molecule has 0 bridgehead atoms. The Morgan fingerprint density at radius 1 is 1.28 bits per heavy atom. The highest BCUT2D eigenvalue weighted by molar-refractivity contribution is 8.18. The lowest BCUT2D eigenvalue weighted by Gasteiger charge is -1.99. The highest BCUT2D eigenvalue weighted by Gasteiger charge is 2.19. The van der Waals surface area contributed by atoms with Gasteiger partial charge in [-0.05, 0) is 41.6 Å². The van der Waals surface area contributed by atoms with Gasteiger partial charge in [-0.3, -0.25) is 9.78 Å². The fourth-order valence-corrected chi connectivity index (χ4v) is 2.44. The largest absolute Gasteiger partial charge is 0.378 e. The summed E-state index contributed by atoms with van der Waals surface area (Å²) in [5, 5.41) is 1.34. The molecule has 0 unspecified atom stereocenters. The molecule has 1 aromatic carbocycles. The minimum Gasteiger partial charge on any atom is -0.378 e. The summed E-state index contributed by atoms with van der Waals surface area (Å²) < 4.78 is 0. The van der Waals surface area contributed by atoms with Crippen molar-refractivity contribution in [3.63, 3.8) is 0 Å². The molecule has 1 aliphatic rings. The molecule has 0 saturated heterocycles. The first-order chi connectivity index (χ1) is 8.72. The fraction of sp³-hybridized carbons (Fsp3) is 0. The van der Waals surface area contributed by atoms with Crippen LogP contribution in [0.4, 0.5) is 0 Å². The number of nitrogens with zero attached hydrogens (tertiary/aromatic N) is 2. The van der Waals surface area contributed by atoms with Gasteiger partial charge in [0.1, 0.15) is 0 Å². The van der Waals surface area contributed by atoms with E-state index in [4.69, 9.17) is 5.73 Å². The fourth-order valence-electron chi connectivity index (χ4n) is 1.76. The second kappa shape index (κ2) is 4.27. The average Bonchev–Trinajstić information content (AvgIpc) is 2.68. The summed E-state index contributed by atoms with van der Waals surface area (Å²) in [5.74, 6) is -0.274. The molecule has 0 aliphatic carbocycles. The Hall–Kier alpha value is -2.14. The SMILES string of the molecule is NC1=NC(=O)/C(=C/c2ccc3ncccc3c2)S1. The van der Waals surface area contributed by atoms with Crippen molar-refractivity contribution in [3.05, 3.63) is 47.0 Å². The summed E-state index contributed by atoms with van der Waals surface area (Å²) in [5.41, 5.74) is 7.37. The van der Waals surface area contributed by atoms with E-state index in [0.29, 0.717) is 10.1 Å². The number of carbonyl (C=O) groups is 1. The molecule has 1 amide bonds. The van der Waals surface area contributed by atoms with Crippen molar-refractivity contribution in [2.24, 2.45) is 10.7 Å². The predicted molar refractivity (Wildman–Crippen MR) is 73.9 cm³/mol. The number of aromatic nitrogens is 1. The van der Waals surface area contributed by atoms with Crippen molar-refractivity contribution in [3.8, 4) is 0 Å². The van der Waals surface area contributed by atoms with E-state index in [1.165, 1.54) is 11.8 Å². The molecule has 0 atom stereocenters. The van der Waals surface area contributed by atoms with Gasteiger partial charge < -0.3 is 5.73 Å². The number of carbonyl (C=O) groups excluding carboxylic acids is 1. The second-order valence-electron chi connectivity index (χ2n) is 3.82.